The highest BCUT2D eigenvalue weighted by molar-refractivity contribution is 6.56. The average molecular weight is 572 g/mol. The molecule has 4 aromatic carbocycles. The quantitative estimate of drug-likeness (QED) is 0.278. The van der Waals surface area contributed by atoms with Crippen LogP contribution in [0.5, 0.6) is 0 Å². The van der Waals surface area contributed by atoms with Crippen LogP contribution in [0.1, 0.15) is 7.43 Å². The van der Waals surface area contributed by atoms with Gasteiger partial charge in [-0.25, -0.2) is 19.9 Å². The highest BCUT2D eigenvalue weighted by Crippen LogP contribution is 2.21. The number of hydrogen-bond donors (Lipinski definition) is 2. The Morgan fingerprint density at radius 3 is 0.952 bits per heavy atom. The SMILES string of the molecule is C.Clc1nc(-c2ccccc2)nc(-c2ccccc2)n1.OB(O)c1nc(-c2ccccc2)nc(-c2ccccc2)n1.[B]. The minimum Gasteiger partial charge on any atom is -0.421 e. The number of halogens is 1. The first-order chi connectivity index (χ1) is 19.6. The third-order valence-corrected chi connectivity index (χ3v) is 5.79. The van der Waals surface area contributed by atoms with Gasteiger partial charge in [-0.3, -0.25) is 0 Å². The predicted octanol–water partition coefficient (Wildman–Crippen LogP) is 5.00. The second-order valence-electron chi connectivity index (χ2n) is 8.43. The molecule has 2 heterocycles. The summed E-state index contributed by atoms with van der Waals surface area (Å²) in [5, 5.41) is 18.9. The lowest BCUT2D eigenvalue weighted by atomic mass is 9.90. The van der Waals surface area contributed by atoms with E-state index >= 15 is 0 Å². The molecule has 0 fully saturated rings. The van der Waals surface area contributed by atoms with Crippen LogP contribution in [0.3, 0.4) is 0 Å². The third-order valence-electron chi connectivity index (χ3n) is 5.62. The van der Waals surface area contributed by atoms with E-state index in [2.05, 4.69) is 29.9 Å². The monoisotopic (exact) mass is 571 g/mol. The van der Waals surface area contributed by atoms with E-state index in [1.807, 2.05) is 121 Å². The molecule has 6 rings (SSSR count). The van der Waals surface area contributed by atoms with Crippen LogP contribution in [0.2, 0.25) is 5.28 Å². The Kier molecular flexibility index (Phi) is 11.6. The van der Waals surface area contributed by atoms with Crippen molar-refractivity contribution in [2.45, 2.75) is 7.43 Å². The van der Waals surface area contributed by atoms with Crippen molar-refractivity contribution in [1.29, 1.82) is 0 Å². The Balaban J connectivity index is 0.000000221. The summed E-state index contributed by atoms with van der Waals surface area (Å²) < 4.78 is 0. The summed E-state index contributed by atoms with van der Waals surface area (Å²) in [6.45, 7) is 0. The van der Waals surface area contributed by atoms with E-state index in [0.29, 0.717) is 23.3 Å². The summed E-state index contributed by atoms with van der Waals surface area (Å²) >= 11 is 5.99. The first kappa shape index (κ1) is 31.8. The van der Waals surface area contributed by atoms with Gasteiger partial charge in [0.25, 0.3) is 0 Å². The van der Waals surface area contributed by atoms with Crippen molar-refractivity contribution in [3.05, 3.63) is 127 Å². The summed E-state index contributed by atoms with van der Waals surface area (Å²) in [5.74, 6) is 1.99. The maximum absolute atomic E-state index is 9.37. The van der Waals surface area contributed by atoms with E-state index in [1.165, 1.54) is 0 Å². The van der Waals surface area contributed by atoms with Crippen molar-refractivity contribution in [3.8, 4) is 45.6 Å². The highest BCUT2D eigenvalue weighted by Gasteiger charge is 2.19. The van der Waals surface area contributed by atoms with E-state index in [0.717, 1.165) is 22.3 Å². The normalized spacial score (nSPS) is 9.88. The molecule has 3 radical (unpaired) electrons. The lowest BCUT2D eigenvalue weighted by Gasteiger charge is -2.07. The molecule has 11 heteroatoms. The second-order valence-corrected chi connectivity index (χ2v) is 8.77. The zero-order chi connectivity index (χ0) is 27.7. The van der Waals surface area contributed by atoms with E-state index in [1.54, 1.807) is 0 Å². The van der Waals surface area contributed by atoms with Crippen molar-refractivity contribution < 1.29 is 10.0 Å². The molecule has 0 aliphatic rings. The maximum Gasteiger partial charge on any atom is 0.528 e. The first-order valence-corrected chi connectivity index (χ1v) is 12.7. The molecule has 0 atom stereocenters. The van der Waals surface area contributed by atoms with E-state index < -0.39 is 7.12 Å². The fourth-order valence-corrected chi connectivity index (χ4v) is 3.88. The average Bonchev–Trinajstić information content (AvgIpc) is 3.02. The van der Waals surface area contributed by atoms with Crippen LogP contribution in [0.4, 0.5) is 0 Å². The molecule has 0 amide bonds. The van der Waals surface area contributed by atoms with Crippen molar-refractivity contribution in [1.82, 2.24) is 29.9 Å². The summed E-state index contributed by atoms with van der Waals surface area (Å²) in [4.78, 5) is 25.4. The Hall–Kier alpha value is -4.76. The topological polar surface area (TPSA) is 118 Å². The minimum atomic E-state index is -1.74. The minimum absolute atomic E-state index is 0. The summed E-state index contributed by atoms with van der Waals surface area (Å²) in [6.07, 6.45) is 0. The van der Waals surface area contributed by atoms with Gasteiger partial charge in [0.05, 0.1) is 0 Å². The third kappa shape index (κ3) is 8.14. The molecule has 2 aromatic heterocycles. The van der Waals surface area contributed by atoms with Gasteiger partial charge in [0.1, 0.15) is 0 Å². The summed E-state index contributed by atoms with van der Waals surface area (Å²) in [5.41, 5.74) is 3.36. The number of benzene rings is 4. The molecule has 0 saturated heterocycles. The van der Waals surface area contributed by atoms with Crippen LogP contribution in [0.15, 0.2) is 121 Å². The van der Waals surface area contributed by atoms with Crippen LogP contribution >= 0.6 is 11.6 Å². The molecule has 0 aliphatic carbocycles. The number of rotatable bonds is 5. The summed E-state index contributed by atoms with van der Waals surface area (Å²) in [6, 6.07) is 38.1. The fourth-order valence-electron chi connectivity index (χ4n) is 3.72. The Labute approximate surface area is 252 Å². The van der Waals surface area contributed by atoms with E-state index in [4.69, 9.17) is 11.6 Å². The molecule has 0 spiro atoms. The fraction of sp³-hybridized carbons (Fsp3) is 0.0323. The lowest BCUT2D eigenvalue weighted by Crippen LogP contribution is -2.36. The summed E-state index contributed by atoms with van der Waals surface area (Å²) in [7, 11) is -1.74. The highest BCUT2D eigenvalue weighted by atomic mass is 35.5. The molecular weight excluding hydrogens is 545 g/mol. The number of nitrogens with zero attached hydrogens (tertiary/aromatic N) is 6. The van der Waals surface area contributed by atoms with Gasteiger partial charge in [-0.2, -0.15) is 9.97 Å². The number of hydrogen-bond acceptors (Lipinski definition) is 8. The van der Waals surface area contributed by atoms with Gasteiger partial charge in [-0.1, -0.05) is 129 Å². The van der Waals surface area contributed by atoms with Crippen LogP contribution < -0.4 is 5.72 Å². The van der Waals surface area contributed by atoms with Gasteiger partial charge in [0, 0.05) is 30.7 Å². The van der Waals surface area contributed by atoms with Gasteiger partial charge in [0.2, 0.25) is 5.28 Å². The van der Waals surface area contributed by atoms with Crippen LogP contribution in [0, 0.1) is 0 Å². The van der Waals surface area contributed by atoms with Gasteiger partial charge in [0.15, 0.2) is 29.0 Å². The van der Waals surface area contributed by atoms with Gasteiger partial charge in [-0.05, 0) is 11.6 Å². The van der Waals surface area contributed by atoms with Crippen LogP contribution in [0.25, 0.3) is 45.6 Å². The molecule has 0 bridgehead atoms. The smallest absolute Gasteiger partial charge is 0.421 e. The van der Waals surface area contributed by atoms with Gasteiger partial charge >= 0.3 is 7.12 Å². The van der Waals surface area contributed by atoms with E-state index in [9.17, 15) is 10.0 Å². The van der Waals surface area contributed by atoms with E-state index in [-0.39, 0.29) is 26.8 Å². The molecule has 2 N–H and O–H groups in total. The van der Waals surface area contributed by atoms with Crippen molar-refractivity contribution in [2.24, 2.45) is 0 Å². The maximum atomic E-state index is 9.37. The zero-order valence-electron chi connectivity index (χ0n) is 21.7. The Bertz CT molecular complexity index is 1570. The predicted molar refractivity (Wildman–Crippen MR) is 169 cm³/mol. The molecule has 205 valence electrons. The number of aromatic nitrogens is 6. The Morgan fingerprint density at radius 2 is 0.690 bits per heavy atom. The van der Waals surface area contributed by atoms with Crippen molar-refractivity contribution in [3.63, 3.8) is 0 Å². The van der Waals surface area contributed by atoms with Crippen molar-refractivity contribution in [2.75, 3.05) is 0 Å². The molecule has 8 nitrogen and oxygen atoms in total. The zero-order valence-corrected chi connectivity index (χ0v) is 22.4. The molecule has 6 aromatic rings. The molecule has 0 aliphatic heterocycles. The molecular formula is C31H26B2ClN6O2. The van der Waals surface area contributed by atoms with Crippen LogP contribution in [-0.4, -0.2) is 55.5 Å². The largest absolute Gasteiger partial charge is 0.528 e. The molecule has 42 heavy (non-hydrogen) atoms. The van der Waals surface area contributed by atoms with Crippen LogP contribution in [-0.2, 0) is 0 Å². The Morgan fingerprint density at radius 1 is 0.429 bits per heavy atom. The molecule has 0 unspecified atom stereocenters. The van der Waals surface area contributed by atoms with Gasteiger partial charge < -0.3 is 10.0 Å². The lowest BCUT2D eigenvalue weighted by molar-refractivity contribution is 0.422. The first-order valence-electron chi connectivity index (χ1n) is 12.3. The standard InChI is InChI=1S/C15H12BN3O2.C15H10ClN3.CH4.B/c20-16(21)15-18-13(11-7-3-1-4-8-11)17-14(19-15)12-9-5-2-6-10-12;16-15-18-13(11-7-3-1-4-8-11)17-14(19-15)12-9-5-2-6-10-12;;/h1-10,20-21H;1-10H;1H4;. The second kappa shape index (κ2) is 15.3. The van der Waals surface area contributed by atoms with Crippen molar-refractivity contribution >= 4 is 32.9 Å². The van der Waals surface area contributed by atoms with Gasteiger partial charge in [-0.15, -0.1) is 0 Å². The molecule has 0 saturated carbocycles.